The Morgan fingerprint density at radius 3 is 2.44 bits per heavy atom. The van der Waals surface area contributed by atoms with Gasteiger partial charge in [0, 0.05) is 17.3 Å². The highest BCUT2D eigenvalue weighted by molar-refractivity contribution is 6.74. The van der Waals surface area contributed by atoms with Crippen LogP contribution in [0.5, 0.6) is 11.5 Å². The largest absolute Gasteiger partial charge is 0.508 e. The van der Waals surface area contributed by atoms with Crippen molar-refractivity contribution in [3.8, 4) is 22.8 Å². The molecule has 0 aliphatic heterocycles. The molecule has 1 aromatic heterocycles. The average molecular weight is 482 g/mol. The minimum absolute atomic E-state index is 0.0767. The molecule has 0 bridgehead atoms. The number of esters is 1. The first-order valence-corrected chi connectivity index (χ1v) is 14.4. The van der Waals surface area contributed by atoms with Gasteiger partial charge in [-0.3, -0.25) is 0 Å². The Labute approximate surface area is 203 Å². The summed E-state index contributed by atoms with van der Waals surface area (Å²) >= 11 is 0. The van der Waals surface area contributed by atoms with Gasteiger partial charge >= 0.3 is 5.97 Å². The van der Waals surface area contributed by atoms with Crippen LogP contribution >= 0.6 is 0 Å². The zero-order chi connectivity index (χ0) is 24.9. The number of benzene rings is 2. The maximum atomic E-state index is 12.4. The molecule has 0 saturated carbocycles. The molecular weight excluding hydrogens is 446 g/mol. The van der Waals surface area contributed by atoms with Crippen LogP contribution in [0.4, 0.5) is 0 Å². The molecule has 3 rings (SSSR count). The average Bonchev–Trinajstić information content (AvgIpc) is 3.26. The number of H-pyrrole nitrogens is 1. The summed E-state index contributed by atoms with van der Waals surface area (Å²) in [7, 11) is -1.87. The van der Waals surface area contributed by atoms with Gasteiger partial charge in [0.25, 0.3) is 0 Å². The summed E-state index contributed by atoms with van der Waals surface area (Å²) in [5.41, 5.74) is 2.64. The van der Waals surface area contributed by atoms with Crippen molar-refractivity contribution in [1.29, 1.82) is 0 Å². The van der Waals surface area contributed by atoms with Gasteiger partial charge in [-0.1, -0.05) is 51.1 Å². The van der Waals surface area contributed by atoms with E-state index in [4.69, 9.17) is 13.9 Å². The lowest BCUT2D eigenvalue weighted by Crippen LogP contribution is -2.43. The molecule has 182 valence electrons. The van der Waals surface area contributed by atoms with Crippen molar-refractivity contribution in [3.05, 3.63) is 71.9 Å². The Bertz CT molecular complexity index is 1100. The third kappa shape index (κ3) is 6.74. The van der Waals surface area contributed by atoms with E-state index in [1.807, 2.05) is 43.3 Å². The second-order valence-corrected chi connectivity index (χ2v) is 14.9. The fourth-order valence-corrected chi connectivity index (χ4v) is 4.18. The van der Waals surface area contributed by atoms with Crippen molar-refractivity contribution >= 4 is 14.3 Å². The first kappa shape index (κ1) is 25.6. The molecule has 0 aliphatic carbocycles. The Kier molecular flexibility index (Phi) is 7.89. The topological polar surface area (TPSA) is 80.8 Å². The lowest BCUT2D eigenvalue weighted by molar-refractivity contribution is 0.0466. The van der Waals surface area contributed by atoms with Crippen LogP contribution < -0.4 is 4.74 Å². The number of phenolic OH excluding ortho intramolecular Hbond substituents is 1. The van der Waals surface area contributed by atoms with E-state index in [1.54, 1.807) is 24.3 Å². The van der Waals surface area contributed by atoms with E-state index in [1.165, 1.54) is 0 Å². The van der Waals surface area contributed by atoms with Gasteiger partial charge in [-0.2, -0.15) is 0 Å². The monoisotopic (exact) mass is 481 g/mol. The summed E-state index contributed by atoms with van der Waals surface area (Å²) < 4.78 is 17.7. The van der Waals surface area contributed by atoms with E-state index in [-0.39, 0.29) is 23.5 Å². The second kappa shape index (κ2) is 10.5. The minimum Gasteiger partial charge on any atom is -0.508 e. The molecule has 0 radical (unpaired) electrons. The van der Waals surface area contributed by atoms with Crippen molar-refractivity contribution in [2.24, 2.45) is 0 Å². The molecule has 1 atom stereocenters. The minimum atomic E-state index is -1.87. The number of aromatic hydroxyl groups is 1. The van der Waals surface area contributed by atoms with E-state index in [0.29, 0.717) is 29.3 Å². The highest BCUT2D eigenvalue weighted by Gasteiger charge is 2.37. The molecule has 0 saturated heterocycles. The number of hydrogen-bond donors (Lipinski definition) is 2. The van der Waals surface area contributed by atoms with Crippen molar-refractivity contribution in [2.75, 3.05) is 6.61 Å². The van der Waals surface area contributed by atoms with Crippen molar-refractivity contribution in [2.45, 2.75) is 58.5 Å². The molecule has 2 aromatic carbocycles. The normalized spacial score (nSPS) is 12.9. The smallest absolute Gasteiger partial charge is 0.355 e. The highest BCUT2D eigenvalue weighted by atomic mass is 28.4. The van der Waals surface area contributed by atoms with Crippen molar-refractivity contribution in [1.82, 2.24) is 4.98 Å². The number of aromatic amines is 1. The maximum absolute atomic E-state index is 12.4. The Balaban J connectivity index is 1.64. The Morgan fingerprint density at radius 1 is 1.06 bits per heavy atom. The predicted octanol–water partition coefficient (Wildman–Crippen LogP) is 6.53. The van der Waals surface area contributed by atoms with Crippen LogP contribution in [-0.4, -0.2) is 37.1 Å². The number of phenols is 1. The highest BCUT2D eigenvalue weighted by Crippen LogP contribution is 2.37. The van der Waals surface area contributed by atoms with Crippen LogP contribution in [0.2, 0.25) is 18.1 Å². The van der Waals surface area contributed by atoms with E-state index in [2.05, 4.69) is 38.8 Å². The number of rotatable bonds is 9. The molecule has 0 fully saturated rings. The molecule has 3 aromatic rings. The summed E-state index contributed by atoms with van der Waals surface area (Å²) in [6.45, 7) is 13.7. The van der Waals surface area contributed by atoms with Crippen LogP contribution in [0.1, 0.15) is 43.7 Å². The lowest BCUT2D eigenvalue weighted by atomic mass is 10.1. The molecule has 34 heavy (non-hydrogen) atoms. The summed E-state index contributed by atoms with van der Waals surface area (Å²) in [6.07, 6.45) is -0.184. The molecule has 1 heterocycles. The van der Waals surface area contributed by atoms with E-state index in [9.17, 15) is 9.90 Å². The molecule has 7 heteroatoms. The number of aromatic nitrogens is 1. The van der Waals surface area contributed by atoms with Crippen molar-refractivity contribution in [3.63, 3.8) is 0 Å². The van der Waals surface area contributed by atoms with E-state index >= 15 is 0 Å². The van der Waals surface area contributed by atoms with Gasteiger partial charge in [0.05, 0.1) is 6.61 Å². The standard InChI is InChI=1S/C27H35NO5Si/c1-19(17-32-34(5,6)27(2,3)4)33-23-15-21(14-22(29)16-23)24-12-13-25(28-24)26(30)31-18-20-10-8-7-9-11-20/h7-16,19,28-29H,17-18H2,1-6H3/t19-/m0/s1. The number of ether oxygens (including phenoxy) is 2. The second-order valence-electron chi connectivity index (χ2n) is 10.1. The molecule has 0 amide bonds. The third-order valence-corrected chi connectivity index (χ3v) is 10.6. The Hall–Kier alpha value is -3.03. The zero-order valence-electron chi connectivity index (χ0n) is 20.8. The molecule has 0 unspecified atom stereocenters. The van der Waals surface area contributed by atoms with Gasteiger partial charge in [0.1, 0.15) is 29.9 Å². The van der Waals surface area contributed by atoms with Crippen LogP contribution in [0, 0.1) is 0 Å². The van der Waals surface area contributed by atoms with Gasteiger partial charge in [0.15, 0.2) is 8.32 Å². The van der Waals surface area contributed by atoms with Crippen LogP contribution in [0.3, 0.4) is 0 Å². The molecule has 0 spiro atoms. The molecule has 2 N–H and O–H groups in total. The summed E-state index contributed by atoms with van der Waals surface area (Å²) in [4.78, 5) is 15.5. The zero-order valence-corrected chi connectivity index (χ0v) is 21.8. The SMILES string of the molecule is C[C@@H](CO[Si](C)(C)C(C)(C)C)Oc1cc(O)cc(-c2ccc(C(=O)OCc3ccccc3)[nH]2)c1. The van der Waals surface area contributed by atoms with Gasteiger partial charge in [-0.25, -0.2) is 4.79 Å². The fourth-order valence-electron chi connectivity index (χ4n) is 3.10. The van der Waals surface area contributed by atoms with Gasteiger partial charge in [-0.05, 0) is 54.9 Å². The molecule has 6 nitrogen and oxygen atoms in total. The number of carbonyl (C=O) groups excluding carboxylic acids is 1. The molecule has 0 aliphatic rings. The van der Waals surface area contributed by atoms with Gasteiger partial charge < -0.3 is 24.0 Å². The fraction of sp³-hybridized carbons (Fsp3) is 0.370. The van der Waals surface area contributed by atoms with Crippen molar-refractivity contribution < 1.29 is 23.8 Å². The summed E-state index contributed by atoms with van der Waals surface area (Å²) in [5.74, 6) is 0.167. The van der Waals surface area contributed by atoms with Gasteiger partial charge in [0.2, 0.25) is 0 Å². The van der Waals surface area contributed by atoms with E-state index in [0.717, 1.165) is 5.56 Å². The van der Waals surface area contributed by atoms with E-state index < -0.39 is 14.3 Å². The number of carbonyl (C=O) groups is 1. The number of nitrogens with one attached hydrogen (secondary N) is 1. The lowest BCUT2D eigenvalue weighted by Gasteiger charge is -2.36. The quantitative estimate of drug-likeness (QED) is 0.268. The summed E-state index contributed by atoms with van der Waals surface area (Å²) in [5, 5.41) is 10.4. The Morgan fingerprint density at radius 2 is 1.76 bits per heavy atom. The molecular formula is C27H35NO5Si. The predicted molar refractivity (Wildman–Crippen MR) is 137 cm³/mol. The summed E-state index contributed by atoms with van der Waals surface area (Å²) in [6, 6.07) is 18.0. The maximum Gasteiger partial charge on any atom is 0.355 e. The van der Waals surface area contributed by atoms with Crippen LogP contribution in [0.15, 0.2) is 60.7 Å². The number of hydrogen-bond acceptors (Lipinski definition) is 5. The van der Waals surface area contributed by atoms with Crippen LogP contribution in [-0.2, 0) is 15.8 Å². The first-order valence-electron chi connectivity index (χ1n) is 11.5. The van der Waals surface area contributed by atoms with Gasteiger partial charge in [-0.15, -0.1) is 0 Å². The van der Waals surface area contributed by atoms with Crippen LogP contribution in [0.25, 0.3) is 11.3 Å². The first-order chi connectivity index (χ1) is 15.9. The third-order valence-electron chi connectivity index (χ3n) is 6.14.